The van der Waals surface area contributed by atoms with Gasteiger partial charge < -0.3 is 15.4 Å². The summed E-state index contributed by atoms with van der Waals surface area (Å²) in [6.45, 7) is 4.92. The van der Waals surface area contributed by atoms with E-state index in [1.165, 1.54) is 0 Å². The Kier molecular flexibility index (Phi) is 3.28. The number of rotatable bonds is 2. The first-order valence-corrected chi connectivity index (χ1v) is 5.64. The van der Waals surface area contributed by atoms with Gasteiger partial charge in [-0.1, -0.05) is 0 Å². The highest BCUT2D eigenvalue weighted by atomic mass is 16.6. The van der Waals surface area contributed by atoms with Gasteiger partial charge in [0.1, 0.15) is 6.20 Å². The van der Waals surface area contributed by atoms with Gasteiger partial charge in [0.25, 0.3) is 0 Å². The fourth-order valence-electron chi connectivity index (χ4n) is 2.09. The van der Waals surface area contributed by atoms with Crippen LogP contribution < -0.4 is 10.6 Å². The van der Waals surface area contributed by atoms with E-state index < -0.39 is 4.92 Å². The molecule has 0 unspecified atom stereocenters. The van der Waals surface area contributed by atoms with Crippen LogP contribution in [0.5, 0.6) is 0 Å². The highest BCUT2D eigenvalue weighted by molar-refractivity contribution is 5.58. The molecule has 8 nitrogen and oxygen atoms in total. The van der Waals surface area contributed by atoms with Crippen molar-refractivity contribution in [3.8, 4) is 0 Å². The van der Waals surface area contributed by atoms with Crippen molar-refractivity contribution in [2.75, 3.05) is 23.7 Å². The second-order valence-electron chi connectivity index (χ2n) is 4.36. The number of anilines is 2. The van der Waals surface area contributed by atoms with E-state index in [1.54, 1.807) is 0 Å². The molecule has 1 aromatic rings. The number of hydrogen-bond acceptors (Lipinski definition) is 7. The summed E-state index contributed by atoms with van der Waals surface area (Å²) in [5, 5.41) is 11.0. The van der Waals surface area contributed by atoms with Crippen molar-refractivity contribution in [1.29, 1.82) is 0 Å². The summed E-state index contributed by atoms with van der Waals surface area (Å²) in [6, 6.07) is 0. The number of nitrogens with zero attached hydrogens (tertiary/aromatic N) is 4. The predicted octanol–water partition coefficient (Wildman–Crippen LogP) is 0.581. The highest BCUT2D eigenvalue weighted by Crippen LogP contribution is 2.28. The minimum absolute atomic E-state index is 0.00968. The summed E-state index contributed by atoms with van der Waals surface area (Å²) in [5.41, 5.74) is 5.37. The molecule has 2 N–H and O–H groups in total. The lowest BCUT2D eigenvalue weighted by molar-refractivity contribution is -0.384. The second-order valence-corrected chi connectivity index (χ2v) is 4.36. The summed E-state index contributed by atoms with van der Waals surface area (Å²) < 4.78 is 5.58. The molecule has 1 aliphatic rings. The summed E-state index contributed by atoms with van der Waals surface area (Å²) in [4.78, 5) is 19.9. The molecular weight excluding hydrogens is 238 g/mol. The van der Waals surface area contributed by atoms with Crippen LogP contribution >= 0.6 is 0 Å². The molecule has 1 saturated heterocycles. The molecule has 98 valence electrons. The molecule has 8 heteroatoms. The van der Waals surface area contributed by atoms with Crippen LogP contribution in [0.15, 0.2) is 6.20 Å². The molecular formula is C10H15N5O3. The maximum atomic E-state index is 11.0. The first kappa shape index (κ1) is 12.5. The molecule has 0 bridgehead atoms. The Morgan fingerprint density at radius 2 is 2.11 bits per heavy atom. The van der Waals surface area contributed by atoms with Crippen molar-refractivity contribution < 1.29 is 9.66 Å². The Morgan fingerprint density at radius 1 is 1.50 bits per heavy atom. The third-order valence-electron chi connectivity index (χ3n) is 2.68. The quantitative estimate of drug-likeness (QED) is 0.606. The van der Waals surface area contributed by atoms with E-state index in [2.05, 4.69) is 9.97 Å². The van der Waals surface area contributed by atoms with E-state index >= 15 is 0 Å². The molecule has 0 saturated carbocycles. The average Bonchev–Trinajstić information content (AvgIpc) is 2.27. The van der Waals surface area contributed by atoms with Gasteiger partial charge in [0.2, 0.25) is 11.8 Å². The van der Waals surface area contributed by atoms with Gasteiger partial charge in [-0.2, -0.15) is 4.98 Å². The number of ether oxygens (including phenoxy) is 1. The molecule has 0 amide bonds. The Balaban J connectivity index is 2.36. The van der Waals surface area contributed by atoms with Crippen LogP contribution in [-0.2, 0) is 4.74 Å². The molecule has 0 radical (unpaired) electrons. The van der Waals surface area contributed by atoms with Gasteiger partial charge in [-0.3, -0.25) is 10.1 Å². The van der Waals surface area contributed by atoms with Crippen LogP contribution in [0.25, 0.3) is 0 Å². The van der Waals surface area contributed by atoms with E-state index in [9.17, 15) is 10.1 Å². The molecule has 1 fully saturated rings. The van der Waals surface area contributed by atoms with Gasteiger partial charge in [0, 0.05) is 13.1 Å². The number of morpholine rings is 1. The molecule has 18 heavy (non-hydrogen) atoms. The van der Waals surface area contributed by atoms with Gasteiger partial charge in [0.05, 0.1) is 17.1 Å². The number of nitro groups is 1. The van der Waals surface area contributed by atoms with E-state index in [0.717, 1.165) is 6.20 Å². The zero-order chi connectivity index (χ0) is 13.3. The minimum atomic E-state index is -0.500. The van der Waals surface area contributed by atoms with Crippen LogP contribution in [0.2, 0.25) is 0 Å². The second kappa shape index (κ2) is 4.73. The van der Waals surface area contributed by atoms with Crippen LogP contribution in [0, 0.1) is 10.1 Å². The summed E-state index contributed by atoms with van der Waals surface area (Å²) in [5.74, 6) is 0.289. The average molecular weight is 253 g/mol. The van der Waals surface area contributed by atoms with Crippen molar-refractivity contribution in [3.05, 3.63) is 16.3 Å². The largest absolute Gasteiger partial charge is 0.372 e. The van der Waals surface area contributed by atoms with Crippen LogP contribution in [0.3, 0.4) is 0 Å². The van der Waals surface area contributed by atoms with Crippen molar-refractivity contribution >= 4 is 17.5 Å². The van der Waals surface area contributed by atoms with Crippen LogP contribution in [-0.4, -0.2) is 40.2 Å². The predicted molar refractivity (Wildman–Crippen MR) is 65.3 cm³/mol. The normalized spacial score (nSPS) is 24.0. The molecule has 0 aliphatic carbocycles. The lowest BCUT2D eigenvalue weighted by Crippen LogP contribution is -2.46. The molecule has 2 rings (SSSR count). The first-order valence-electron chi connectivity index (χ1n) is 5.64. The molecule has 0 spiro atoms. The van der Waals surface area contributed by atoms with Gasteiger partial charge in [-0.15, -0.1) is 0 Å². The fourth-order valence-corrected chi connectivity index (χ4v) is 2.09. The van der Waals surface area contributed by atoms with Gasteiger partial charge >= 0.3 is 5.69 Å². The molecule has 2 heterocycles. The van der Waals surface area contributed by atoms with Crippen molar-refractivity contribution in [1.82, 2.24) is 9.97 Å². The SMILES string of the molecule is C[C@@H]1CN(c2nc(N)ncc2[N+](=O)[O-])C[C@H](C)O1. The van der Waals surface area contributed by atoms with E-state index in [1.807, 2.05) is 18.7 Å². The number of hydrogen-bond donors (Lipinski definition) is 1. The lowest BCUT2D eigenvalue weighted by atomic mass is 10.2. The summed E-state index contributed by atoms with van der Waals surface area (Å²) >= 11 is 0. The Morgan fingerprint density at radius 3 is 2.67 bits per heavy atom. The van der Waals surface area contributed by atoms with Crippen molar-refractivity contribution in [2.24, 2.45) is 0 Å². The number of nitrogen functional groups attached to an aromatic ring is 1. The smallest absolute Gasteiger partial charge is 0.329 e. The van der Waals surface area contributed by atoms with E-state index in [4.69, 9.17) is 10.5 Å². The number of nitrogens with two attached hydrogens (primary N) is 1. The van der Waals surface area contributed by atoms with E-state index in [0.29, 0.717) is 13.1 Å². The lowest BCUT2D eigenvalue weighted by Gasteiger charge is -2.35. The van der Waals surface area contributed by atoms with Crippen molar-refractivity contribution in [3.63, 3.8) is 0 Å². The highest BCUT2D eigenvalue weighted by Gasteiger charge is 2.29. The monoisotopic (exact) mass is 253 g/mol. The minimum Gasteiger partial charge on any atom is -0.372 e. The fraction of sp³-hybridized carbons (Fsp3) is 0.600. The summed E-state index contributed by atoms with van der Waals surface area (Å²) in [7, 11) is 0. The Hall–Kier alpha value is -1.96. The molecule has 1 aromatic heterocycles. The van der Waals surface area contributed by atoms with Gasteiger partial charge in [-0.25, -0.2) is 4.98 Å². The Bertz CT molecular complexity index is 457. The topological polar surface area (TPSA) is 107 Å². The summed E-state index contributed by atoms with van der Waals surface area (Å²) in [6.07, 6.45) is 1.12. The van der Waals surface area contributed by atoms with Crippen molar-refractivity contribution in [2.45, 2.75) is 26.1 Å². The van der Waals surface area contributed by atoms with Crippen LogP contribution in [0.1, 0.15) is 13.8 Å². The molecule has 2 atom stereocenters. The van der Waals surface area contributed by atoms with Crippen LogP contribution in [0.4, 0.5) is 17.5 Å². The zero-order valence-electron chi connectivity index (χ0n) is 10.2. The third-order valence-corrected chi connectivity index (χ3v) is 2.68. The Labute approximate surface area is 104 Å². The molecule has 1 aliphatic heterocycles. The van der Waals surface area contributed by atoms with Gasteiger partial charge in [0.15, 0.2) is 0 Å². The maximum absolute atomic E-state index is 11.0. The number of aromatic nitrogens is 2. The third kappa shape index (κ3) is 2.48. The first-order chi connectivity index (χ1) is 8.47. The van der Waals surface area contributed by atoms with Gasteiger partial charge in [-0.05, 0) is 13.8 Å². The van der Waals surface area contributed by atoms with E-state index in [-0.39, 0.29) is 29.7 Å². The molecule has 0 aromatic carbocycles. The standard InChI is InChI=1S/C10H15N5O3/c1-6-4-14(5-7(2)18-6)9-8(15(16)17)3-12-10(11)13-9/h3,6-7H,4-5H2,1-2H3,(H2,11,12,13)/t6-,7+. The maximum Gasteiger partial charge on any atom is 0.329 e. The zero-order valence-corrected chi connectivity index (χ0v) is 10.2.